The van der Waals surface area contributed by atoms with Crippen molar-refractivity contribution in [3.63, 3.8) is 0 Å². The summed E-state index contributed by atoms with van der Waals surface area (Å²) in [4.78, 5) is 4.61. The normalized spacial score (nSPS) is 22.9. The zero-order chi connectivity index (χ0) is 15.0. The standard InChI is InChI=1S/C16H19Cl3N2/c1-10-3-2-4-11(5-10)9-21-15-7-13(19)12(18)6-14(15)20-16(21)8-17/h6-7,10-11H,2-5,8-9H2,1H3. The maximum Gasteiger partial charge on any atom is 0.124 e. The first kappa shape index (κ1) is 15.5. The average Bonchev–Trinajstić information content (AvgIpc) is 2.77. The SMILES string of the molecule is CC1CCCC(Cn2c(CCl)nc3cc(Cl)c(Cl)cc32)C1. The summed E-state index contributed by atoms with van der Waals surface area (Å²) in [6.45, 7) is 3.32. The van der Waals surface area contributed by atoms with Gasteiger partial charge in [-0.15, -0.1) is 11.6 Å². The van der Waals surface area contributed by atoms with Gasteiger partial charge in [0.2, 0.25) is 0 Å². The van der Waals surface area contributed by atoms with Crippen LogP contribution in [0.2, 0.25) is 10.0 Å². The van der Waals surface area contributed by atoms with Crippen LogP contribution in [0.1, 0.15) is 38.4 Å². The van der Waals surface area contributed by atoms with Crippen LogP contribution in [0, 0.1) is 11.8 Å². The van der Waals surface area contributed by atoms with Gasteiger partial charge in [0.05, 0.1) is 27.0 Å². The van der Waals surface area contributed by atoms with Crippen LogP contribution in [0.3, 0.4) is 0 Å². The first-order valence-corrected chi connectivity index (χ1v) is 8.77. The molecule has 0 amide bonds. The van der Waals surface area contributed by atoms with Crippen molar-refractivity contribution in [2.45, 2.75) is 45.0 Å². The Hall–Kier alpha value is -0.440. The zero-order valence-electron chi connectivity index (χ0n) is 12.1. The molecular formula is C16H19Cl3N2. The van der Waals surface area contributed by atoms with Crippen molar-refractivity contribution in [2.75, 3.05) is 0 Å². The number of nitrogens with zero attached hydrogens (tertiary/aromatic N) is 2. The number of fused-ring (bicyclic) bond motifs is 1. The highest BCUT2D eigenvalue weighted by molar-refractivity contribution is 6.42. The second-order valence-electron chi connectivity index (χ2n) is 6.17. The van der Waals surface area contributed by atoms with Crippen molar-refractivity contribution in [1.82, 2.24) is 9.55 Å². The summed E-state index contributed by atoms with van der Waals surface area (Å²) in [6, 6.07) is 3.74. The Balaban J connectivity index is 1.97. The maximum atomic E-state index is 6.17. The van der Waals surface area contributed by atoms with Gasteiger partial charge in [0.25, 0.3) is 0 Å². The molecule has 1 saturated carbocycles. The van der Waals surface area contributed by atoms with E-state index in [4.69, 9.17) is 34.8 Å². The van der Waals surface area contributed by atoms with Crippen LogP contribution >= 0.6 is 34.8 Å². The topological polar surface area (TPSA) is 17.8 Å². The second kappa shape index (κ2) is 6.36. The number of alkyl halides is 1. The molecule has 2 unspecified atom stereocenters. The van der Waals surface area contributed by atoms with E-state index in [0.29, 0.717) is 21.8 Å². The highest BCUT2D eigenvalue weighted by Crippen LogP contribution is 2.33. The van der Waals surface area contributed by atoms with Gasteiger partial charge in [-0.3, -0.25) is 0 Å². The van der Waals surface area contributed by atoms with E-state index in [1.165, 1.54) is 25.7 Å². The molecule has 1 fully saturated rings. The monoisotopic (exact) mass is 344 g/mol. The number of benzene rings is 1. The molecule has 2 atom stereocenters. The van der Waals surface area contributed by atoms with Crippen molar-refractivity contribution in [2.24, 2.45) is 11.8 Å². The van der Waals surface area contributed by atoms with Crippen LogP contribution in [0.25, 0.3) is 11.0 Å². The molecule has 114 valence electrons. The van der Waals surface area contributed by atoms with Crippen LogP contribution in [-0.2, 0) is 12.4 Å². The highest BCUT2D eigenvalue weighted by atomic mass is 35.5. The van der Waals surface area contributed by atoms with E-state index in [-0.39, 0.29) is 0 Å². The molecule has 2 aromatic rings. The zero-order valence-corrected chi connectivity index (χ0v) is 14.3. The number of imidazole rings is 1. The third-order valence-corrected chi connectivity index (χ3v) is 5.44. The fourth-order valence-electron chi connectivity index (χ4n) is 3.46. The van der Waals surface area contributed by atoms with Crippen molar-refractivity contribution in [1.29, 1.82) is 0 Å². The minimum atomic E-state index is 0.409. The van der Waals surface area contributed by atoms with E-state index in [1.807, 2.05) is 12.1 Å². The largest absolute Gasteiger partial charge is 0.327 e. The van der Waals surface area contributed by atoms with Crippen molar-refractivity contribution >= 4 is 45.8 Å². The van der Waals surface area contributed by atoms with Crippen LogP contribution in [-0.4, -0.2) is 9.55 Å². The third kappa shape index (κ3) is 3.18. The Morgan fingerprint density at radius 2 is 2.00 bits per heavy atom. The Labute approximate surface area is 140 Å². The van der Waals surface area contributed by atoms with E-state index in [0.717, 1.165) is 29.3 Å². The lowest BCUT2D eigenvalue weighted by atomic mass is 9.82. The first-order chi connectivity index (χ1) is 10.1. The Kier molecular flexibility index (Phi) is 4.68. The fourth-order valence-corrected chi connectivity index (χ4v) is 3.98. The molecule has 1 aliphatic carbocycles. The van der Waals surface area contributed by atoms with Crippen LogP contribution in [0.4, 0.5) is 0 Å². The number of rotatable bonds is 3. The van der Waals surface area contributed by atoms with Crippen molar-refractivity contribution in [3.8, 4) is 0 Å². The molecule has 21 heavy (non-hydrogen) atoms. The van der Waals surface area contributed by atoms with Gasteiger partial charge in [-0.2, -0.15) is 0 Å². The summed E-state index contributed by atoms with van der Waals surface area (Å²) in [5.74, 6) is 2.83. The molecule has 1 aliphatic rings. The third-order valence-electron chi connectivity index (χ3n) is 4.47. The van der Waals surface area contributed by atoms with Gasteiger partial charge in [-0.25, -0.2) is 4.98 Å². The quantitative estimate of drug-likeness (QED) is 0.632. The summed E-state index contributed by atoms with van der Waals surface area (Å²) in [6.07, 6.45) is 5.24. The van der Waals surface area contributed by atoms with Crippen LogP contribution < -0.4 is 0 Å². The van der Waals surface area contributed by atoms with Gasteiger partial charge in [0, 0.05) is 6.54 Å². The number of aromatic nitrogens is 2. The molecule has 1 aromatic heterocycles. The summed E-state index contributed by atoms with van der Waals surface area (Å²) in [7, 11) is 0. The van der Waals surface area contributed by atoms with Gasteiger partial charge in [-0.1, -0.05) is 43.0 Å². The van der Waals surface area contributed by atoms with E-state index >= 15 is 0 Å². The molecule has 5 heteroatoms. The number of hydrogen-bond donors (Lipinski definition) is 0. The molecule has 0 aliphatic heterocycles. The summed E-state index contributed by atoms with van der Waals surface area (Å²) < 4.78 is 2.23. The summed E-state index contributed by atoms with van der Waals surface area (Å²) in [5, 5.41) is 1.12. The molecular weight excluding hydrogens is 327 g/mol. The summed E-state index contributed by atoms with van der Waals surface area (Å²) in [5.41, 5.74) is 1.92. The van der Waals surface area contributed by atoms with Gasteiger partial charge in [0.1, 0.15) is 5.82 Å². The van der Waals surface area contributed by atoms with Gasteiger partial charge >= 0.3 is 0 Å². The molecule has 1 aromatic carbocycles. The van der Waals surface area contributed by atoms with Crippen LogP contribution in [0.15, 0.2) is 12.1 Å². The predicted octanol–water partition coefficient (Wildman–Crippen LogP) is 5.91. The fraction of sp³-hybridized carbons (Fsp3) is 0.562. The second-order valence-corrected chi connectivity index (χ2v) is 7.25. The maximum absolute atomic E-state index is 6.17. The molecule has 1 heterocycles. The highest BCUT2D eigenvalue weighted by Gasteiger charge is 2.21. The van der Waals surface area contributed by atoms with Crippen molar-refractivity contribution in [3.05, 3.63) is 28.0 Å². The molecule has 0 radical (unpaired) electrons. The van der Waals surface area contributed by atoms with E-state index in [9.17, 15) is 0 Å². The lowest BCUT2D eigenvalue weighted by molar-refractivity contribution is 0.257. The predicted molar refractivity (Wildman–Crippen MR) is 90.4 cm³/mol. The summed E-state index contributed by atoms with van der Waals surface area (Å²) >= 11 is 18.3. The van der Waals surface area contributed by atoms with Crippen LogP contribution in [0.5, 0.6) is 0 Å². The lowest BCUT2D eigenvalue weighted by Gasteiger charge is -2.27. The van der Waals surface area contributed by atoms with E-state index in [1.54, 1.807) is 0 Å². The van der Waals surface area contributed by atoms with E-state index in [2.05, 4.69) is 16.5 Å². The minimum absolute atomic E-state index is 0.409. The first-order valence-electron chi connectivity index (χ1n) is 7.48. The lowest BCUT2D eigenvalue weighted by Crippen LogP contribution is -2.19. The van der Waals surface area contributed by atoms with Crippen molar-refractivity contribution < 1.29 is 0 Å². The van der Waals surface area contributed by atoms with Gasteiger partial charge in [-0.05, 0) is 36.8 Å². The minimum Gasteiger partial charge on any atom is -0.327 e. The Bertz CT molecular complexity index is 650. The van der Waals surface area contributed by atoms with E-state index < -0.39 is 0 Å². The van der Waals surface area contributed by atoms with Gasteiger partial charge in [0.15, 0.2) is 0 Å². The molecule has 0 saturated heterocycles. The Morgan fingerprint density at radius 1 is 1.24 bits per heavy atom. The average molecular weight is 346 g/mol. The smallest absolute Gasteiger partial charge is 0.124 e. The molecule has 0 spiro atoms. The number of hydrogen-bond acceptors (Lipinski definition) is 1. The molecule has 2 nitrogen and oxygen atoms in total. The molecule has 3 rings (SSSR count). The number of halogens is 3. The Morgan fingerprint density at radius 3 is 2.71 bits per heavy atom. The van der Waals surface area contributed by atoms with Gasteiger partial charge < -0.3 is 4.57 Å². The molecule has 0 bridgehead atoms. The molecule has 0 N–H and O–H groups in total.